The van der Waals surface area contributed by atoms with E-state index in [4.69, 9.17) is 32.7 Å². The number of ether oxygens (including phenoxy) is 2. The quantitative estimate of drug-likeness (QED) is 0.574. The molecule has 0 radical (unpaired) electrons. The van der Waals surface area contributed by atoms with Gasteiger partial charge in [0.15, 0.2) is 0 Å². The van der Waals surface area contributed by atoms with Gasteiger partial charge in [-0.3, -0.25) is 0 Å². The molecule has 5 heteroatoms. The highest BCUT2D eigenvalue weighted by molar-refractivity contribution is 7.10. The molecule has 0 aliphatic heterocycles. The summed E-state index contributed by atoms with van der Waals surface area (Å²) in [5.74, 6) is -1.06. The Morgan fingerprint density at radius 3 is 2.27 bits per heavy atom. The molecule has 1 aromatic heterocycles. The van der Waals surface area contributed by atoms with Crippen molar-refractivity contribution in [2.24, 2.45) is 0 Å². The molecule has 1 aromatic carbocycles. The first-order valence-corrected chi connectivity index (χ1v) is 8.71. The largest absolute Gasteiger partial charge is 0.341 e. The Hall–Kier alpha value is -0.840. The number of thiophene rings is 1. The van der Waals surface area contributed by atoms with E-state index in [1.165, 1.54) is 0 Å². The fraction of sp³-hybridized carbons (Fsp3) is 0.294. The van der Waals surface area contributed by atoms with Crippen LogP contribution in [0.15, 0.2) is 46.8 Å². The van der Waals surface area contributed by atoms with Crippen LogP contribution in [0.4, 0.5) is 0 Å². The second-order valence-corrected chi connectivity index (χ2v) is 6.30. The van der Waals surface area contributed by atoms with Crippen molar-refractivity contribution >= 4 is 40.6 Å². The molecule has 0 saturated heterocycles. The van der Waals surface area contributed by atoms with Crippen LogP contribution in [-0.4, -0.2) is 13.2 Å². The third-order valence-electron chi connectivity index (χ3n) is 3.02. The highest BCUT2D eigenvalue weighted by Gasteiger charge is 2.38. The molecule has 0 bridgehead atoms. The predicted molar refractivity (Wildman–Crippen MR) is 94.5 cm³/mol. The summed E-state index contributed by atoms with van der Waals surface area (Å²) in [6.45, 7) is 4.83. The molecule has 0 saturated carbocycles. The number of hydrogen-bond acceptors (Lipinski definition) is 3. The fourth-order valence-corrected chi connectivity index (χ4v) is 3.47. The van der Waals surface area contributed by atoms with E-state index in [0.29, 0.717) is 23.3 Å². The Kier molecular flexibility index (Phi) is 6.48. The maximum absolute atomic E-state index is 6.61. The van der Waals surface area contributed by atoms with Gasteiger partial charge >= 0.3 is 0 Å². The van der Waals surface area contributed by atoms with E-state index in [9.17, 15) is 0 Å². The number of halogens is 2. The minimum Gasteiger partial charge on any atom is -0.341 e. The molecule has 2 rings (SSSR count). The van der Waals surface area contributed by atoms with E-state index in [2.05, 4.69) is 0 Å². The second kappa shape index (κ2) is 8.14. The molecule has 0 atom stereocenters. The molecular formula is C17H18Cl2O2S. The maximum Gasteiger partial charge on any atom is 0.242 e. The van der Waals surface area contributed by atoms with Gasteiger partial charge in [0.05, 0.1) is 9.91 Å². The van der Waals surface area contributed by atoms with Gasteiger partial charge in [0.1, 0.15) is 0 Å². The summed E-state index contributed by atoms with van der Waals surface area (Å²) in [6.07, 6.45) is 1.85. The van der Waals surface area contributed by atoms with Crippen LogP contribution in [0, 0.1) is 0 Å². The molecule has 0 unspecified atom stereocenters. The predicted octanol–water partition coefficient (Wildman–Crippen LogP) is 5.91. The average molecular weight is 357 g/mol. The minimum absolute atomic E-state index is 0.487. The van der Waals surface area contributed by atoms with Gasteiger partial charge in [-0.15, -0.1) is 11.3 Å². The Bertz CT molecular complexity index is 600. The number of benzene rings is 1. The first-order chi connectivity index (χ1) is 10.6. The smallest absolute Gasteiger partial charge is 0.242 e. The fourth-order valence-electron chi connectivity index (χ4n) is 2.11. The summed E-state index contributed by atoms with van der Waals surface area (Å²) >= 11 is 14.1. The second-order valence-electron chi connectivity index (χ2n) is 4.50. The first kappa shape index (κ1) is 17.5. The van der Waals surface area contributed by atoms with Crippen LogP contribution in [0.2, 0.25) is 5.02 Å². The highest BCUT2D eigenvalue weighted by Crippen LogP contribution is 2.40. The van der Waals surface area contributed by atoms with Crippen molar-refractivity contribution in [3.8, 4) is 0 Å². The zero-order chi connectivity index (χ0) is 16.0. The standard InChI is InChI=1S/C17H18Cl2O2S/c1-3-20-17(21-4-2,16-6-5-11-22-16)15(19)12-13-7-9-14(18)10-8-13/h5-12H,3-4H2,1-2H3/b15-12-. The summed E-state index contributed by atoms with van der Waals surface area (Å²) in [6, 6.07) is 11.4. The van der Waals surface area contributed by atoms with E-state index < -0.39 is 5.79 Å². The van der Waals surface area contributed by atoms with Gasteiger partial charge in [0.2, 0.25) is 5.79 Å². The van der Waals surface area contributed by atoms with Crippen LogP contribution >= 0.6 is 34.5 Å². The molecule has 0 aliphatic rings. The van der Waals surface area contributed by atoms with E-state index in [1.54, 1.807) is 11.3 Å². The lowest BCUT2D eigenvalue weighted by molar-refractivity contribution is -0.208. The van der Waals surface area contributed by atoms with E-state index in [0.717, 1.165) is 10.4 Å². The van der Waals surface area contributed by atoms with Crippen LogP contribution < -0.4 is 0 Å². The van der Waals surface area contributed by atoms with Crippen molar-refractivity contribution in [2.75, 3.05) is 13.2 Å². The van der Waals surface area contributed by atoms with Crippen LogP contribution in [-0.2, 0) is 15.3 Å². The number of hydrogen-bond donors (Lipinski definition) is 0. The Morgan fingerprint density at radius 1 is 1.14 bits per heavy atom. The Balaban J connectivity index is 2.44. The van der Waals surface area contributed by atoms with Crippen molar-refractivity contribution in [3.05, 3.63) is 62.3 Å². The van der Waals surface area contributed by atoms with E-state index >= 15 is 0 Å². The average Bonchev–Trinajstić information content (AvgIpc) is 3.04. The molecule has 0 amide bonds. The molecule has 2 aromatic rings. The highest BCUT2D eigenvalue weighted by atomic mass is 35.5. The molecular weight excluding hydrogens is 339 g/mol. The van der Waals surface area contributed by atoms with E-state index in [-0.39, 0.29) is 0 Å². The number of rotatable bonds is 7. The summed E-state index contributed by atoms with van der Waals surface area (Å²) in [4.78, 5) is 0.923. The normalized spacial score (nSPS) is 12.6. The van der Waals surface area contributed by atoms with Gasteiger partial charge in [-0.2, -0.15) is 0 Å². The SMILES string of the molecule is CCOC(OCC)(/C(Cl)=C/c1ccc(Cl)cc1)c1cccs1. The topological polar surface area (TPSA) is 18.5 Å². The minimum atomic E-state index is -1.06. The van der Waals surface area contributed by atoms with Gasteiger partial charge in [0.25, 0.3) is 0 Å². The lowest BCUT2D eigenvalue weighted by Gasteiger charge is -2.32. The molecule has 118 valence electrons. The Labute approximate surface area is 145 Å². The zero-order valence-electron chi connectivity index (χ0n) is 12.5. The lowest BCUT2D eigenvalue weighted by Crippen LogP contribution is -2.33. The summed E-state index contributed by atoms with van der Waals surface area (Å²) < 4.78 is 11.9. The lowest BCUT2D eigenvalue weighted by atomic mass is 10.1. The van der Waals surface area contributed by atoms with Crippen molar-refractivity contribution in [3.63, 3.8) is 0 Å². The van der Waals surface area contributed by atoms with Crippen LogP contribution in [0.5, 0.6) is 0 Å². The molecule has 0 spiro atoms. The van der Waals surface area contributed by atoms with Crippen molar-refractivity contribution in [1.82, 2.24) is 0 Å². The monoisotopic (exact) mass is 356 g/mol. The molecule has 1 heterocycles. The van der Waals surface area contributed by atoms with Crippen molar-refractivity contribution in [2.45, 2.75) is 19.6 Å². The van der Waals surface area contributed by atoms with Gasteiger partial charge in [-0.05, 0) is 49.1 Å². The molecule has 2 nitrogen and oxygen atoms in total. The first-order valence-electron chi connectivity index (χ1n) is 7.07. The van der Waals surface area contributed by atoms with Crippen LogP contribution in [0.25, 0.3) is 6.08 Å². The molecule has 0 aliphatic carbocycles. The molecule has 22 heavy (non-hydrogen) atoms. The van der Waals surface area contributed by atoms with Gasteiger partial charge in [0, 0.05) is 18.2 Å². The van der Waals surface area contributed by atoms with Crippen molar-refractivity contribution in [1.29, 1.82) is 0 Å². The van der Waals surface area contributed by atoms with Crippen LogP contribution in [0.3, 0.4) is 0 Å². The third kappa shape index (κ3) is 3.92. The van der Waals surface area contributed by atoms with Crippen LogP contribution in [0.1, 0.15) is 24.3 Å². The van der Waals surface area contributed by atoms with Gasteiger partial charge < -0.3 is 9.47 Å². The van der Waals surface area contributed by atoms with Crippen molar-refractivity contribution < 1.29 is 9.47 Å². The van der Waals surface area contributed by atoms with Gasteiger partial charge in [-0.25, -0.2) is 0 Å². The molecule has 0 N–H and O–H groups in total. The zero-order valence-corrected chi connectivity index (χ0v) is 14.8. The summed E-state index contributed by atoms with van der Waals surface area (Å²) in [7, 11) is 0. The molecule has 0 fully saturated rings. The third-order valence-corrected chi connectivity index (χ3v) is 4.58. The summed E-state index contributed by atoms with van der Waals surface area (Å²) in [5.41, 5.74) is 0.940. The van der Waals surface area contributed by atoms with Gasteiger partial charge in [-0.1, -0.05) is 41.4 Å². The summed E-state index contributed by atoms with van der Waals surface area (Å²) in [5, 5.41) is 3.16. The maximum atomic E-state index is 6.61. The Morgan fingerprint density at radius 2 is 1.77 bits per heavy atom. The van der Waals surface area contributed by atoms with E-state index in [1.807, 2.05) is 61.7 Å².